The summed E-state index contributed by atoms with van der Waals surface area (Å²) in [5.74, 6) is -0.682. The van der Waals surface area contributed by atoms with Crippen LogP contribution in [0.15, 0.2) is 35.7 Å². The van der Waals surface area contributed by atoms with E-state index in [1.165, 1.54) is 18.3 Å². The van der Waals surface area contributed by atoms with Crippen LogP contribution in [0.2, 0.25) is 0 Å². The number of aromatic nitrogens is 1. The summed E-state index contributed by atoms with van der Waals surface area (Å²) >= 11 is 1.27. The third-order valence-corrected chi connectivity index (χ3v) is 3.78. The molecule has 0 bridgehead atoms. The molecule has 0 radical (unpaired) electrons. The van der Waals surface area contributed by atoms with E-state index >= 15 is 0 Å². The summed E-state index contributed by atoms with van der Waals surface area (Å²) in [6.45, 7) is 1.49. The Kier molecular flexibility index (Phi) is 3.13. The van der Waals surface area contributed by atoms with Gasteiger partial charge in [-0.15, -0.1) is 11.3 Å². The van der Waals surface area contributed by atoms with Crippen LogP contribution >= 0.6 is 11.3 Å². The van der Waals surface area contributed by atoms with Crippen LogP contribution in [0, 0.1) is 11.3 Å². The maximum Gasteiger partial charge on any atom is 0.244 e. The fourth-order valence-electron chi connectivity index (χ4n) is 1.45. The van der Waals surface area contributed by atoms with Crippen LogP contribution in [0.3, 0.4) is 0 Å². The fourth-order valence-corrected chi connectivity index (χ4v) is 2.40. The van der Waals surface area contributed by atoms with Gasteiger partial charge in [0.05, 0.1) is 11.8 Å². The molecule has 1 unspecified atom stereocenters. The molecule has 18 heavy (non-hydrogen) atoms. The van der Waals surface area contributed by atoms with Crippen LogP contribution in [0.4, 0.5) is 0 Å². The molecule has 0 aliphatic heterocycles. The molecule has 90 valence electrons. The van der Waals surface area contributed by atoms with Gasteiger partial charge in [0.2, 0.25) is 5.91 Å². The Morgan fingerprint density at radius 1 is 1.44 bits per heavy atom. The molecule has 2 N–H and O–H groups in total. The van der Waals surface area contributed by atoms with Gasteiger partial charge in [0.15, 0.2) is 5.41 Å². The summed E-state index contributed by atoms with van der Waals surface area (Å²) in [4.78, 5) is 15.7. The Morgan fingerprint density at radius 3 is 2.67 bits per heavy atom. The zero-order chi connectivity index (χ0) is 13.2. The summed E-state index contributed by atoms with van der Waals surface area (Å²) in [6, 6.07) is 11.5. The van der Waals surface area contributed by atoms with Crippen molar-refractivity contribution in [3.05, 3.63) is 40.7 Å². The molecule has 0 saturated heterocycles. The van der Waals surface area contributed by atoms with Gasteiger partial charge in [-0.05, 0) is 6.92 Å². The van der Waals surface area contributed by atoms with Crippen LogP contribution in [-0.2, 0) is 10.2 Å². The lowest BCUT2D eigenvalue weighted by Gasteiger charge is -2.13. The quantitative estimate of drug-likeness (QED) is 0.914. The maximum absolute atomic E-state index is 11.4. The Hall–Kier alpha value is -2.19. The van der Waals surface area contributed by atoms with E-state index in [2.05, 4.69) is 4.98 Å². The second kappa shape index (κ2) is 4.59. The predicted octanol–water partition coefficient (Wildman–Crippen LogP) is 2.08. The van der Waals surface area contributed by atoms with E-state index in [-0.39, 0.29) is 0 Å². The van der Waals surface area contributed by atoms with Crippen LogP contribution in [0.5, 0.6) is 0 Å². The monoisotopic (exact) mass is 257 g/mol. The van der Waals surface area contributed by atoms with Gasteiger partial charge in [0, 0.05) is 10.9 Å². The first-order chi connectivity index (χ1) is 8.58. The van der Waals surface area contributed by atoms with Gasteiger partial charge >= 0.3 is 0 Å². The molecular weight excluding hydrogens is 246 g/mol. The lowest BCUT2D eigenvalue weighted by atomic mass is 9.93. The molecule has 0 spiro atoms. The molecule has 1 atom stereocenters. The number of carbonyl (C=O) groups is 1. The number of hydrogen-bond acceptors (Lipinski definition) is 4. The van der Waals surface area contributed by atoms with Gasteiger partial charge in [-0.2, -0.15) is 5.26 Å². The number of nitriles is 1. The van der Waals surface area contributed by atoms with Crippen molar-refractivity contribution in [2.45, 2.75) is 12.3 Å². The van der Waals surface area contributed by atoms with Crippen molar-refractivity contribution in [1.82, 2.24) is 4.98 Å². The van der Waals surface area contributed by atoms with E-state index < -0.39 is 11.3 Å². The number of thiazole rings is 1. The van der Waals surface area contributed by atoms with Gasteiger partial charge in [-0.25, -0.2) is 4.98 Å². The predicted molar refractivity (Wildman–Crippen MR) is 69.7 cm³/mol. The van der Waals surface area contributed by atoms with Crippen molar-refractivity contribution in [3.63, 3.8) is 0 Å². The van der Waals surface area contributed by atoms with Crippen molar-refractivity contribution >= 4 is 17.2 Å². The SMILES string of the molecule is CC(C#N)(C(N)=O)c1nc(-c2ccccc2)cs1. The Labute approximate surface area is 109 Å². The van der Waals surface area contributed by atoms with E-state index in [0.29, 0.717) is 5.01 Å². The number of nitrogens with two attached hydrogens (primary N) is 1. The van der Waals surface area contributed by atoms with Crippen molar-refractivity contribution < 1.29 is 4.79 Å². The fraction of sp³-hybridized carbons (Fsp3) is 0.154. The van der Waals surface area contributed by atoms with E-state index in [9.17, 15) is 4.79 Å². The van der Waals surface area contributed by atoms with Gasteiger partial charge < -0.3 is 5.73 Å². The summed E-state index contributed by atoms with van der Waals surface area (Å²) in [6.07, 6.45) is 0. The highest BCUT2D eigenvalue weighted by Gasteiger charge is 2.36. The van der Waals surface area contributed by atoms with Gasteiger partial charge in [-0.3, -0.25) is 4.79 Å². The molecule has 1 aromatic carbocycles. The van der Waals surface area contributed by atoms with Crippen LogP contribution in [0.25, 0.3) is 11.3 Å². The van der Waals surface area contributed by atoms with Crippen molar-refractivity contribution in [2.24, 2.45) is 5.73 Å². The second-order valence-corrected chi connectivity index (χ2v) is 4.86. The highest BCUT2D eigenvalue weighted by atomic mass is 32.1. The summed E-state index contributed by atoms with van der Waals surface area (Å²) in [7, 11) is 0. The molecule has 2 aromatic rings. The molecule has 1 amide bonds. The number of hydrogen-bond donors (Lipinski definition) is 1. The minimum Gasteiger partial charge on any atom is -0.368 e. The summed E-state index contributed by atoms with van der Waals surface area (Å²) in [5.41, 5.74) is 5.60. The van der Waals surface area contributed by atoms with Crippen LogP contribution < -0.4 is 5.73 Å². The van der Waals surface area contributed by atoms with E-state index in [0.717, 1.165) is 11.3 Å². The molecule has 2 rings (SSSR count). The maximum atomic E-state index is 11.4. The van der Waals surface area contributed by atoms with Crippen LogP contribution in [-0.4, -0.2) is 10.9 Å². The zero-order valence-electron chi connectivity index (χ0n) is 9.75. The molecular formula is C13H11N3OS. The first-order valence-corrected chi connectivity index (χ1v) is 6.18. The Bertz CT molecular complexity index is 615. The second-order valence-electron chi connectivity index (χ2n) is 4.00. The van der Waals surface area contributed by atoms with E-state index in [1.54, 1.807) is 0 Å². The number of amides is 1. The first kappa shape index (κ1) is 12.3. The van der Waals surface area contributed by atoms with Crippen LogP contribution in [0.1, 0.15) is 11.9 Å². The van der Waals surface area contributed by atoms with Crippen molar-refractivity contribution in [2.75, 3.05) is 0 Å². The average molecular weight is 257 g/mol. The third-order valence-electron chi connectivity index (χ3n) is 2.72. The Morgan fingerprint density at radius 2 is 2.11 bits per heavy atom. The lowest BCUT2D eigenvalue weighted by Crippen LogP contribution is -2.36. The standard InChI is InChI=1S/C13H11N3OS/c1-13(8-14,11(15)17)12-16-10(7-18-12)9-5-3-2-4-6-9/h2-7H,1H3,(H2,15,17). The number of benzene rings is 1. The smallest absolute Gasteiger partial charge is 0.244 e. The molecule has 0 aliphatic carbocycles. The normalized spacial score (nSPS) is 13.6. The minimum atomic E-state index is -1.36. The average Bonchev–Trinajstić information content (AvgIpc) is 2.88. The molecule has 0 fully saturated rings. The zero-order valence-corrected chi connectivity index (χ0v) is 10.6. The molecule has 0 saturated carbocycles. The van der Waals surface area contributed by atoms with Crippen molar-refractivity contribution in [3.8, 4) is 17.3 Å². The highest BCUT2D eigenvalue weighted by molar-refractivity contribution is 7.10. The number of primary amides is 1. The number of rotatable bonds is 3. The molecule has 4 nitrogen and oxygen atoms in total. The summed E-state index contributed by atoms with van der Waals surface area (Å²) in [5, 5.41) is 11.4. The topological polar surface area (TPSA) is 79.8 Å². The van der Waals surface area contributed by atoms with Crippen molar-refractivity contribution in [1.29, 1.82) is 5.26 Å². The molecule has 1 heterocycles. The van der Waals surface area contributed by atoms with Gasteiger partial charge in [-0.1, -0.05) is 30.3 Å². The molecule has 5 heteroatoms. The highest BCUT2D eigenvalue weighted by Crippen LogP contribution is 2.29. The number of carbonyl (C=O) groups excluding carboxylic acids is 1. The van der Waals surface area contributed by atoms with E-state index in [1.807, 2.05) is 41.8 Å². The molecule has 0 aliphatic rings. The third kappa shape index (κ3) is 1.98. The minimum absolute atomic E-state index is 0.427. The number of nitrogens with zero attached hydrogens (tertiary/aromatic N) is 2. The largest absolute Gasteiger partial charge is 0.368 e. The summed E-state index contributed by atoms with van der Waals surface area (Å²) < 4.78 is 0. The van der Waals surface area contributed by atoms with Gasteiger partial charge in [0.1, 0.15) is 5.01 Å². The lowest BCUT2D eigenvalue weighted by molar-refractivity contribution is -0.121. The first-order valence-electron chi connectivity index (χ1n) is 5.30. The van der Waals surface area contributed by atoms with E-state index in [4.69, 9.17) is 11.0 Å². The molecule has 1 aromatic heterocycles. The van der Waals surface area contributed by atoms with Gasteiger partial charge in [0.25, 0.3) is 0 Å². The Balaban J connectivity index is 2.44.